The van der Waals surface area contributed by atoms with Gasteiger partial charge in [0.15, 0.2) is 0 Å². The second-order valence-electron chi connectivity index (χ2n) is 2.52. The minimum atomic E-state index is -0.390. The van der Waals surface area contributed by atoms with Crippen LogP contribution < -0.4 is 0 Å². The van der Waals surface area contributed by atoms with Crippen LogP contribution in [0.3, 0.4) is 0 Å². The molecule has 0 fully saturated rings. The number of hydrogen-bond acceptors (Lipinski definition) is 2. The molecule has 0 radical (unpaired) electrons. The zero-order chi connectivity index (χ0) is 10.6. The maximum atomic E-state index is 10.7. The molecule has 74 valence electrons. The third-order valence-electron chi connectivity index (χ3n) is 1.58. The number of hydrogen-bond donors (Lipinski definition) is 0. The topological polar surface area (TPSA) is 43.1 Å². The first-order chi connectivity index (χ1) is 6.65. The van der Waals surface area contributed by atoms with Gasteiger partial charge in [0.1, 0.15) is 0 Å². The van der Waals surface area contributed by atoms with Crippen LogP contribution in [0, 0.1) is 10.1 Å². The highest BCUT2D eigenvalue weighted by Crippen LogP contribution is 2.24. The minimum absolute atomic E-state index is 0.108. The Labute approximate surface area is 98.2 Å². The van der Waals surface area contributed by atoms with Crippen molar-refractivity contribution in [2.45, 2.75) is 0 Å². The van der Waals surface area contributed by atoms with E-state index in [0.717, 1.165) is 0 Å². The lowest BCUT2D eigenvalue weighted by molar-refractivity contribution is -0.385. The van der Waals surface area contributed by atoms with Crippen LogP contribution in [0.25, 0.3) is 6.08 Å². The Morgan fingerprint density at radius 2 is 2.21 bits per heavy atom. The maximum absolute atomic E-state index is 10.7. The summed E-state index contributed by atoms with van der Waals surface area (Å²) in [4.78, 5) is 10.3. The summed E-state index contributed by atoms with van der Waals surface area (Å²) < 4.78 is 0.709. The molecule has 0 aliphatic rings. The molecule has 1 rings (SSSR count). The van der Waals surface area contributed by atoms with Gasteiger partial charge in [-0.05, 0) is 12.1 Å². The first kappa shape index (κ1) is 11.4. The van der Waals surface area contributed by atoms with Gasteiger partial charge >= 0.3 is 0 Å². The fourth-order valence-electron chi connectivity index (χ4n) is 0.987. The third-order valence-corrected chi connectivity index (χ3v) is 2.44. The lowest BCUT2D eigenvalue weighted by Crippen LogP contribution is -1.91. The molecule has 14 heavy (non-hydrogen) atoms. The molecular formula is C9H7Br2NO2. The summed E-state index contributed by atoms with van der Waals surface area (Å²) in [5.41, 5.74) is 0.717. The summed E-state index contributed by atoms with van der Waals surface area (Å²) >= 11 is 6.41. The smallest absolute Gasteiger partial charge is 0.258 e. The van der Waals surface area contributed by atoms with E-state index in [-0.39, 0.29) is 5.69 Å². The summed E-state index contributed by atoms with van der Waals surface area (Å²) in [6, 6.07) is 4.98. The Morgan fingerprint density at radius 1 is 1.50 bits per heavy atom. The molecule has 0 amide bonds. The molecule has 0 bridgehead atoms. The Kier molecular flexibility index (Phi) is 4.28. The molecule has 0 aliphatic heterocycles. The molecule has 0 unspecified atom stereocenters. The SMILES string of the molecule is O=[N+]([O-])c1cc(Br)ccc1C=CCBr. The zero-order valence-corrected chi connectivity index (χ0v) is 10.3. The van der Waals surface area contributed by atoms with Gasteiger partial charge < -0.3 is 0 Å². The third kappa shape index (κ3) is 2.92. The first-order valence-electron chi connectivity index (χ1n) is 3.81. The van der Waals surface area contributed by atoms with Gasteiger partial charge in [-0.3, -0.25) is 10.1 Å². The van der Waals surface area contributed by atoms with Gasteiger partial charge in [0.2, 0.25) is 0 Å². The molecule has 1 aromatic carbocycles. The van der Waals surface area contributed by atoms with Crippen molar-refractivity contribution in [1.82, 2.24) is 0 Å². The molecule has 5 heteroatoms. The second kappa shape index (κ2) is 5.26. The van der Waals surface area contributed by atoms with Crippen molar-refractivity contribution >= 4 is 43.6 Å². The number of allylic oxidation sites excluding steroid dienone is 1. The van der Waals surface area contributed by atoms with E-state index in [1.54, 1.807) is 18.2 Å². The van der Waals surface area contributed by atoms with E-state index in [2.05, 4.69) is 31.9 Å². The van der Waals surface area contributed by atoms with E-state index in [9.17, 15) is 10.1 Å². The fourth-order valence-corrected chi connectivity index (χ4v) is 1.52. The number of halogens is 2. The van der Waals surface area contributed by atoms with Crippen LogP contribution >= 0.6 is 31.9 Å². The van der Waals surface area contributed by atoms with Crippen LogP contribution in [0.4, 0.5) is 5.69 Å². The molecule has 0 saturated heterocycles. The molecule has 0 aromatic heterocycles. The van der Waals surface area contributed by atoms with E-state index in [4.69, 9.17) is 0 Å². The van der Waals surface area contributed by atoms with Crippen molar-refractivity contribution in [3.8, 4) is 0 Å². The van der Waals surface area contributed by atoms with Crippen LogP contribution in [0.5, 0.6) is 0 Å². The standard InChI is InChI=1S/C9H7Br2NO2/c10-5-1-2-7-3-4-8(11)6-9(7)12(13)14/h1-4,6H,5H2. The fraction of sp³-hybridized carbons (Fsp3) is 0.111. The van der Waals surface area contributed by atoms with Crippen molar-refractivity contribution in [2.24, 2.45) is 0 Å². The number of rotatable bonds is 3. The van der Waals surface area contributed by atoms with Crippen molar-refractivity contribution in [2.75, 3.05) is 5.33 Å². The minimum Gasteiger partial charge on any atom is -0.258 e. The number of nitrogens with zero attached hydrogens (tertiary/aromatic N) is 1. The average molecular weight is 321 g/mol. The van der Waals surface area contributed by atoms with Gasteiger partial charge in [0.05, 0.1) is 10.5 Å². The van der Waals surface area contributed by atoms with Gasteiger partial charge in [-0.2, -0.15) is 0 Å². The molecular weight excluding hydrogens is 314 g/mol. The van der Waals surface area contributed by atoms with Crippen molar-refractivity contribution in [3.05, 3.63) is 44.4 Å². The van der Waals surface area contributed by atoms with E-state index in [0.29, 0.717) is 15.4 Å². The lowest BCUT2D eigenvalue weighted by Gasteiger charge is -1.97. The summed E-state index contributed by atoms with van der Waals surface area (Å²) in [6.07, 6.45) is 3.54. The van der Waals surface area contributed by atoms with Gasteiger partial charge in [0, 0.05) is 15.9 Å². The summed E-state index contributed by atoms with van der Waals surface area (Å²) in [7, 11) is 0. The predicted molar refractivity (Wildman–Crippen MR) is 63.6 cm³/mol. The maximum Gasteiger partial charge on any atom is 0.277 e. The van der Waals surface area contributed by atoms with Crippen molar-refractivity contribution in [3.63, 3.8) is 0 Å². The molecule has 0 saturated carbocycles. The van der Waals surface area contributed by atoms with Crippen LogP contribution in [-0.4, -0.2) is 10.3 Å². The van der Waals surface area contributed by atoms with E-state index >= 15 is 0 Å². The van der Waals surface area contributed by atoms with Gasteiger partial charge in [-0.25, -0.2) is 0 Å². The highest BCUT2D eigenvalue weighted by atomic mass is 79.9. The van der Waals surface area contributed by atoms with E-state index in [1.165, 1.54) is 6.07 Å². The lowest BCUT2D eigenvalue weighted by atomic mass is 10.2. The molecule has 3 nitrogen and oxygen atoms in total. The summed E-state index contributed by atoms with van der Waals surface area (Å²) in [5.74, 6) is 0. The summed E-state index contributed by atoms with van der Waals surface area (Å²) in [6.45, 7) is 0. The second-order valence-corrected chi connectivity index (χ2v) is 4.08. The molecule has 1 aromatic rings. The number of nitro benzene ring substituents is 1. The Morgan fingerprint density at radius 3 is 2.79 bits per heavy atom. The predicted octanol–water partition coefficient (Wildman–Crippen LogP) is 3.77. The van der Waals surface area contributed by atoms with E-state index < -0.39 is 4.92 Å². The van der Waals surface area contributed by atoms with E-state index in [1.807, 2.05) is 6.08 Å². The molecule has 0 aliphatic carbocycles. The monoisotopic (exact) mass is 319 g/mol. The molecule has 0 N–H and O–H groups in total. The van der Waals surface area contributed by atoms with Crippen LogP contribution in [0.2, 0.25) is 0 Å². The Balaban J connectivity index is 3.15. The highest BCUT2D eigenvalue weighted by molar-refractivity contribution is 9.10. The number of benzene rings is 1. The first-order valence-corrected chi connectivity index (χ1v) is 5.73. The largest absolute Gasteiger partial charge is 0.277 e. The van der Waals surface area contributed by atoms with Crippen LogP contribution in [0.1, 0.15) is 5.56 Å². The normalized spacial score (nSPS) is 10.7. The van der Waals surface area contributed by atoms with Gasteiger partial charge in [-0.1, -0.05) is 44.0 Å². The molecule has 0 spiro atoms. The van der Waals surface area contributed by atoms with Gasteiger partial charge in [-0.15, -0.1) is 0 Å². The van der Waals surface area contributed by atoms with Crippen molar-refractivity contribution < 1.29 is 4.92 Å². The quantitative estimate of drug-likeness (QED) is 0.483. The average Bonchev–Trinajstić information content (AvgIpc) is 2.15. The zero-order valence-electron chi connectivity index (χ0n) is 7.11. The molecule has 0 atom stereocenters. The Bertz CT molecular complexity index is 377. The summed E-state index contributed by atoms with van der Waals surface area (Å²) in [5, 5.41) is 11.4. The molecule has 0 heterocycles. The Hall–Kier alpha value is -0.680. The highest BCUT2D eigenvalue weighted by Gasteiger charge is 2.10. The van der Waals surface area contributed by atoms with Gasteiger partial charge in [0.25, 0.3) is 5.69 Å². The number of nitro groups is 1. The van der Waals surface area contributed by atoms with Crippen LogP contribution in [-0.2, 0) is 0 Å². The van der Waals surface area contributed by atoms with Crippen LogP contribution in [0.15, 0.2) is 28.7 Å². The van der Waals surface area contributed by atoms with Crippen molar-refractivity contribution in [1.29, 1.82) is 0 Å². The number of alkyl halides is 1.